The van der Waals surface area contributed by atoms with E-state index in [0.717, 1.165) is 24.1 Å². The van der Waals surface area contributed by atoms with E-state index < -0.39 is 0 Å². The van der Waals surface area contributed by atoms with Crippen molar-refractivity contribution in [1.82, 2.24) is 10.2 Å². The van der Waals surface area contributed by atoms with E-state index in [9.17, 15) is 0 Å². The van der Waals surface area contributed by atoms with Gasteiger partial charge in [0.05, 0.1) is 7.11 Å². The number of nitrogens with zero attached hydrogens (tertiary/aromatic N) is 1. The highest BCUT2D eigenvalue weighted by Gasteiger charge is 2.30. The van der Waals surface area contributed by atoms with Gasteiger partial charge in [-0.25, -0.2) is 0 Å². The van der Waals surface area contributed by atoms with Crippen molar-refractivity contribution < 1.29 is 4.74 Å². The van der Waals surface area contributed by atoms with Gasteiger partial charge in [-0.15, -0.1) is 0 Å². The molecule has 0 aromatic heterocycles. The summed E-state index contributed by atoms with van der Waals surface area (Å²) in [5.74, 6) is 2.87. The quantitative estimate of drug-likeness (QED) is 0.756. The van der Waals surface area contributed by atoms with Crippen LogP contribution in [0.15, 0.2) is 24.3 Å². The first-order valence-electron chi connectivity index (χ1n) is 8.32. The minimum atomic E-state index is 0.411. The Labute approximate surface area is 128 Å². The fourth-order valence-electron chi connectivity index (χ4n) is 3.01. The number of methoxy groups -OCH3 is 1. The largest absolute Gasteiger partial charge is 0.497 e. The van der Waals surface area contributed by atoms with Gasteiger partial charge in [0.25, 0.3) is 0 Å². The van der Waals surface area contributed by atoms with E-state index in [-0.39, 0.29) is 0 Å². The van der Waals surface area contributed by atoms with Crippen LogP contribution in [0.25, 0.3) is 0 Å². The first-order valence-corrected chi connectivity index (χ1v) is 8.32. The highest BCUT2D eigenvalue weighted by atomic mass is 16.5. The summed E-state index contributed by atoms with van der Waals surface area (Å²) in [4.78, 5) is 2.70. The molecule has 116 valence electrons. The van der Waals surface area contributed by atoms with Gasteiger partial charge < -0.3 is 15.0 Å². The topological polar surface area (TPSA) is 24.5 Å². The van der Waals surface area contributed by atoms with Crippen LogP contribution in [0, 0.1) is 11.8 Å². The van der Waals surface area contributed by atoms with E-state index in [2.05, 4.69) is 41.5 Å². The van der Waals surface area contributed by atoms with Crippen molar-refractivity contribution in [2.45, 2.75) is 31.7 Å². The molecule has 2 fully saturated rings. The van der Waals surface area contributed by atoms with Crippen molar-refractivity contribution in [3.63, 3.8) is 0 Å². The monoisotopic (exact) mass is 288 g/mol. The summed E-state index contributed by atoms with van der Waals surface area (Å²) in [5.41, 5.74) is 1.36. The Morgan fingerprint density at radius 2 is 1.67 bits per heavy atom. The van der Waals surface area contributed by atoms with Crippen molar-refractivity contribution >= 4 is 0 Å². The van der Waals surface area contributed by atoms with Crippen molar-refractivity contribution in [2.24, 2.45) is 11.8 Å². The van der Waals surface area contributed by atoms with E-state index >= 15 is 0 Å². The lowest BCUT2D eigenvalue weighted by Crippen LogP contribution is -2.36. The van der Waals surface area contributed by atoms with Gasteiger partial charge in [0.15, 0.2) is 0 Å². The zero-order valence-electron chi connectivity index (χ0n) is 13.3. The molecule has 1 N–H and O–H groups in total. The predicted octanol–water partition coefficient (Wildman–Crippen LogP) is 3.08. The summed E-state index contributed by atoms with van der Waals surface area (Å²) in [6.45, 7) is 3.71. The van der Waals surface area contributed by atoms with E-state index in [1.165, 1.54) is 44.3 Å². The van der Waals surface area contributed by atoms with Gasteiger partial charge in [-0.2, -0.15) is 0 Å². The molecule has 0 radical (unpaired) electrons. The summed E-state index contributed by atoms with van der Waals surface area (Å²) in [5, 5.41) is 3.49. The summed E-state index contributed by atoms with van der Waals surface area (Å²) in [6.07, 6.45) is 5.75. The van der Waals surface area contributed by atoms with Crippen molar-refractivity contribution in [1.29, 1.82) is 0 Å². The van der Waals surface area contributed by atoms with Gasteiger partial charge in [0.2, 0.25) is 0 Å². The first kappa shape index (κ1) is 14.9. The molecule has 0 saturated heterocycles. The Balaban J connectivity index is 1.61. The Hall–Kier alpha value is -1.06. The maximum absolute atomic E-state index is 5.25. The Morgan fingerprint density at radius 1 is 1.10 bits per heavy atom. The van der Waals surface area contributed by atoms with Gasteiger partial charge in [0.1, 0.15) is 5.75 Å². The van der Waals surface area contributed by atoms with E-state index in [1.54, 1.807) is 7.11 Å². The molecule has 2 saturated carbocycles. The molecule has 1 aromatic rings. The molecule has 0 spiro atoms. The van der Waals surface area contributed by atoms with E-state index in [1.807, 2.05) is 0 Å². The van der Waals surface area contributed by atoms with Crippen LogP contribution in [0.2, 0.25) is 0 Å². The molecule has 0 heterocycles. The molecule has 0 aliphatic heterocycles. The normalized spacial score (nSPS) is 19.8. The number of benzene rings is 1. The SMILES string of the molecule is CNC(CN(CC1CC1)CC1CC1)c1ccc(OC)cc1. The molecule has 3 rings (SSSR count). The Bertz CT molecular complexity index is 423. The second-order valence-electron chi connectivity index (χ2n) is 6.72. The minimum Gasteiger partial charge on any atom is -0.497 e. The van der Waals surface area contributed by atoms with Crippen LogP contribution in [0.5, 0.6) is 5.75 Å². The average molecular weight is 288 g/mol. The number of hydrogen-bond donors (Lipinski definition) is 1. The average Bonchev–Trinajstić information content (AvgIpc) is 3.41. The zero-order valence-corrected chi connectivity index (χ0v) is 13.3. The number of nitrogens with one attached hydrogen (secondary N) is 1. The van der Waals surface area contributed by atoms with Gasteiger partial charge in [-0.05, 0) is 62.3 Å². The van der Waals surface area contributed by atoms with Crippen molar-refractivity contribution in [3.05, 3.63) is 29.8 Å². The predicted molar refractivity (Wildman–Crippen MR) is 86.7 cm³/mol. The number of likely N-dealkylation sites (N-methyl/N-ethyl adjacent to an activating group) is 1. The first-order chi connectivity index (χ1) is 10.3. The lowest BCUT2D eigenvalue weighted by molar-refractivity contribution is 0.228. The fraction of sp³-hybridized carbons (Fsp3) is 0.667. The molecule has 1 aromatic carbocycles. The third-order valence-corrected chi connectivity index (χ3v) is 4.73. The lowest BCUT2D eigenvalue weighted by atomic mass is 10.1. The molecule has 2 aliphatic rings. The third-order valence-electron chi connectivity index (χ3n) is 4.73. The summed E-state index contributed by atoms with van der Waals surface area (Å²) < 4.78 is 5.25. The van der Waals surface area contributed by atoms with Gasteiger partial charge in [0, 0.05) is 25.7 Å². The smallest absolute Gasteiger partial charge is 0.118 e. The maximum atomic E-state index is 5.25. The Morgan fingerprint density at radius 3 is 2.10 bits per heavy atom. The molecular weight excluding hydrogens is 260 g/mol. The fourth-order valence-corrected chi connectivity index (χ4v) is 3.01. The van der Waals surface area contributed by atoms with E-state index in [4.69, 9.17) is 4.74 Å². The van der Waals surface area contributed by atoms with Gasteiger partial charge in [-0.1, -0.05) is 12.1 Å². The summed E-state index contributed by atoms with van der Waals surface area (Å²) in [7, 11) is 3.79. The third kappa shape index (κ3) is 4.45. The van der Waals surface area contributed by atoms with Crippen LogP contribution in [-0.4, -0.2) is 38.7 Å². The van der Waals surface area contributed by atoms with Crippen molar-refractivity contribution in [2.75, 3.05) is 33.8 Å². The molecule has 2 aliphatic carbocycles. The van der Waals surface area contributed by atoms with Crippen LogP contribution in [-0.2, 0) is 0 Å². The van der Waals surface area contributed by atoms with Gasteiger partial charge >= 0.3 is 0 Å². The summed E-state index contributed by atoms with van der Waals surface area (Å²) in [6, 6.07) is 8.91. The molecule has 1 atom stereocenters. The van der Waals surface area contributed by atoms with E-state index in [0.29, 0.717) is 6.04 Å². The molecular formula is C18H28N2O. The lowest BCUT2D eigenvalue weighted by Gasteiger charge is -2.28. The van der Waals surface area contributed by atoms with Gasteiger partial charge in [-0.3, -0.25) is 0 Å². The van der Waals surface area contributed by atoms with Crippen LogP contribution >= 0.6 is 0 Å². The molecule has 0 amide bonds. The Kier molecular flexibility index (Phi) is 4.81. The molecule has 1 unspecified atom stereocenters. The maximum Gasteiger partial charge on any atom is 0.118 e. The number of hydrogen-bond acceptors (Lipinski definition) is 3. The molecule has 3 nitrogen and oxygen atoms in total. The van der Waals surface area contributed by atoms with Crippen LogP contribution < -0.4 is 10.1 Å². The highest BCUT2D eigenvalue weighted by Crippen LogP contribution is 2.34. The molecule has 3 heteroatoms. The summed E-state index contributed by atoms with van der Waals surface area (Å²) >= 11 is 0. The second-order valence-corrected chi connectivity index (χ2v) is 6.72. The molecule has 0 bridgehead atoms. The van der Waals surface area contributed by atoms with Crippen LogP contribution in [0.3, 0.4) is 0 Å². The number of ether oxygens (including phenoxy) is 1. The number of rotatable bonds is 9. The zero-order chi connectivity index (χ0) is 14.7. The minimum absolute atomic E-state index is 0.411. The standard InChI is InChI=1S/C18H28N2O/c1-19-18(16-7-9-17(21-2)10-8-16)13-20(11-14-3-4-14)12-15-5-6-15/h7-10,14-15,18-19H,3-6,11-13H2,1-2H3. The molecule has 21 heavy (non-hydrogen) atoms. The van der Waals surface area contributed by atoms with Crippen LogP contribution in [0.1, 0.15) is 37.3 Å². The van der Waals surface area contributed by atoms with Crippen LogP contribution in [0.4, 0.5) is 0 Å². The van der Waals surface area contributed by atoms with Crippen molar-refractivity contribution in [3.8, 4) is 5.75 Å². The highest BCUT2D eigenvalue weighted by molar-refractivity contribution is 5.29. The second kappa shape index (κ2) is 6.80.